The third kappa shape index (κ3) is 2.72. The van der Waals surface area contributed by atoms with Crippen molar-refractivity contribution in [3.63, 3.8) is 0 Å². The number of benzene rings is 2. The molecule has 1 unspecified atom stereocenters. The minimum atomic E-state index is -0.272. The van der Waals surface area contributed by atoms with Crippen LogP contribution in [0.25, 0.3) is 0 Å². The summed E-state index contributed by atoms with van der Waals surface area (Å²) in [7, 11) is 0. The van der Waals surface area contributed by atoms with E-state index >= 15 is 0 Å². The minimum absolute atomic E-state index is 0.0823. The van der Waals surface area contributed by atoms with Crippen LogP contribution in [0.1, 0.15) is 17.5 Å². The fraction of sp³-hybridized carbons (Fsp3) is 0.176. The number of fused-ring (bicyclic) bond motifs is 1. The van der Waals surface area contributed by atoms with Gasteiger partial charge in [0.25, 0.3) is 0 Å². The van der Waals surface area contributed by atoms with Gasteiger partial charge in [-0.3, -0.25) is 4.79 Å². The number of nitriles is 1. The molecule has 1 aliphatic heterocycles. The van der Waals surface area contributed by atoms with E-state index in [2.05, 4.69) is 28.8 Å². The second-order valence-corrected chi connectivity index (χ2v) is 5.05. The van der Waals surface area contributed by atoms with Gasteiger partial charge in [-0.05, 0) is 30.5 Å². The molecule has 1 atom stereocenters. The smallest absolute Gasteiger partial charge is 0.246 e. The summed E-state index contributed by atoms with van der Waals surface area (Å²) in [5, 5.41) is 15.1. The van der Waals surface area contributed by atoms with Gasteiger partial charge < -0.3 is 10.6 Å². The van der Waals surface area contributed by atoms with Crippen molar-refractivity contribution < 1.29 is 4.79 Å². The molecule has 0 saturated carbocycles. The third-order valence-corrected chi connectivity index (χ3v) is 3.64. The zero-order chi connectivity index (χ0) is 14.7. The summed E-state index contributed by atoms with van der Waals surface area (Å²) in [6.07, 6.45) is 1.55. The normalized spacial score (nSPS) is 16.3. The lowest BCUT2D eigenvalue weighted by molar-refractivity contribution is -0.117. The van der Waals surface area contributed by atoms with Crippen LogP contribution in [0.15, 0.2) is 48.5 Å². The number of hydrogen-bond donors (Lipinski definition) is 2. The standard InChI is InChI=1S/C17H15N3O/c18-11-13-7-4-8-14-16(13)20-17(21)15(19-14)10-9-12-5-2-1-3-6-12/h1-8,15,19H,9-10H2,(H,20,21). The molecule has 1 aliphatic rings. The molecule has 0 spiro atoms. The maximum atomic E-state index is 12.2. The molecule has 2 N–H and O–H groups in total. The number of carbonyl (C=O) groups is 1. The molecule has 104 valence electrons. The summed E-state index contributed by atoms with van der Waals surface area (Å²) in [5.74, 6) is -0.0823. The quantitative estimate of drug-likeness (QED) is 0.906. The Hall–Kier alpha value is -2.80. The van der Waals surface area contributed by atoms with Gasteiger partial charge in [0, 0.05) is 0 Å². The summed E-state index contributed by atoms with van der Waals surface area (Å²) in [4.78, 5) is 12.2. The molecule has 0 aromatic heterocycles. The minimum Gasteiger partial charge on any atom is -0.372 e. The Morgan fingerprint density at radius 2 is 1.90 bits per heavy atom. The molecule has 1 amide bonds. The zero-order valence-corrected chi connectivity index (χ0v) is 11.5. The van der Waals surface area contributed by atoms with Crippen LogP contribution in [0.4, 0.5) is 11.4 Å². The highest BCUT2D eigenvalue weighted by atomic mass is 16.2. The topological polar surface area (TPSA) is 64.9 Å². The molecule has 2 aromatic carbocycles. The first-order valence-electron chi connectivity index (χ1n) is 6.92. The Balaban J connectivity index is 1.74. The zero-order valence-electron chi connectivity index (χ0n) is 11.5. The molecule has 3 rings (SSSR count). The van der Waals surface area contributed by atoms with Crippen LogP contribution >= 0.6 is 0 Å². The van der Waals surface area contributed by atoms with Gasteiger partial charge >= 0.3 is 0 Å². The van der Waals surface area contributed by atoms with Crippen LogP contribution in [0, 0.1) is 11.3 Å². The molecule has 0 saturated heterocycles. The van der Waals surface area contributed by atoms with Crippen LogP contribution in [0.3, 0.4) is 0 Å². The Morgan fingerprint density at radius 1 is 1.10 bits per heavy atom. The van der Waals surface area contributed by atoms with E-state index in [1.54, 1.807) is 6.07 Å². The second-order valence-electron chi connectivity index (χ2n) is 5.05. The number of carbonyl (C=O) groups excluding carboxylic acids is 1. The first kappa shape index (κ1) is 13.2. The van der Waals surface area contributed by atoms with Crippen molar-refractivity contribution in [3.8, 4) is 6.07 Å². The predicted molar refractivity (Wildman–Crippen MR) is 82.0 cm³/mol. The predicted octanol–water partition coefficient (Wildman–Crippen LogP) is 2.92. The SMILES string of the molecule is N#Cc1cccc2c1NC(=O)C(CCc1ccccc1)N2. The van der Waals surface area contributed by atoms with E-state index < -0.39 is 0 Å². The molecule has 4 nitrogen and oxygen atoms in total. The van der Waals surface area contributed by atoms with Crippen LogP contribution < -0.4 is 10.6 Å². The van der Waals surface area contributed by atoms with Crippen LogP contribution in [-0.4, -0.2) is 11.9 Å². The monoisotopic (exact) mass is 277 g/mol. The lowest BCUT2D eigenvalue weighted by atomic mass is 10.0. The fourth-order valence-corrected chi connectivity index (χ4v) is 2.52. The van der Waals surface area contributed by atoms with Crippen LogP contribution in [0.2, 0.25) is 0 Å². The van der Waals surface area contributed by atoms with Gasteiger partial charge in [0.15, 0.2) is 0 Å². The molecule has 0 aliphatic carbocycles. The second kappa shape index (κ2) is 5.68. The molecule has 0 radical (unpaired) electrons. The maximum absolute atomic E-state index is 12.2. The Labute approximate surface area is 123 Å². The van der Waals surface area contributed by atoms with Gasteiger partial charge in [-0.15, -0.1) is 0 Å². The van der Waals surface area contributed by atoms with E-state index in [-0.39, 0.29) is 11.9 Å². The Bertz CT molecular complexity index is 704. The van der Waals surface area contributed by atoms with E-state index in [1.165, 1.54) is 5.56 Å². The molecule has 1 heterocycles. The van der Waals surface area contributed by atoms with Crippen molar-refractivity contribution in [1.29, 1.82) is 5.26 Å². The number of nitrogens with one attached hydrogen (secondary N) is 2. The first-order valence-corrected chi connectivity index (χ1v) is 6.92. The summed E-state index contributed by atoms with van der Waals surface area (Å²) in [6, 6.07) is 17.3. The third-order valence-electron chi connectivity index (χ3n) is 3.64. The maximum Gasteiger partial charge on any atom is 0.246 e. The van der Waals surface area contributed by atoms with E-state index in [1.807, 2.05) is 30.3 Å². The van der Waals surface area contributed by atoms with Crippen LogP contribution in [0.5, 0.6) is 0 Å². The lowest BCUT2D eigenvalue weighted by Gasteiger charge is -2.27. The molecule has 0 fully saturated rings. The van der Waals surface area contributed by atoms with Crippen molar-refractivity contribution >= 4 is 17.3 Å². The van der Waals surface area contributed by atoms with E-state index in [0.717, 1.165) is 12.1 Å². The lowest BCUT2D eigenvalue weighted by Crippen LogP contribution is -2.39. The Morgan fingerprint density at radius 3 is 2.67 bits per heavy atom. The molecule has 21 heavy (non-hydrogen) atoms. The number of rotatable bonds is 3. The average molecular weight is 277 g/mol. The number of amides is 1. The van der Waals surface area contributed by atoms with E-state index in [9.17, 15) is 4.79 Å². The molecule has 4 heteroatoms. The van der Waals surface area contributed by atoms with Crippen molar-refractivity contribution in [2.75, 3.05) is 10.6 Å². The average Bonchev–Trinajstić information content (AvgIpc) is 2.53. The van der Waals surface area contributed by atoms with Crippen molar-refractivity contribution in [1.82, 2.24) is 0 Å². The highest BCUT2D eigenvalue weighted by Crippen LogP contribution is 2.30. The number of para-hydroxylation sites is 1. The first-order chi connectivity index (χ1) is 10.3. The summed E-state index contributed by atoms with van der Waals surface area (Å²) >= 11 is 0. The van der Waals surface area contributed by atoms with Gasteiger partial charge in [-0.2, -0.15) is 5.26 Å². The fourth-order valence-electron chi connectivity index (χ4n) is 2.52. The molecular weight excluding hydrogens is 262 g/mol. The number of hydrogen-bond acceptors (Lipinski definition) is 3. The van der Waals surface area contributed by atoms with Crippen molar-refractivity contribution in [2.45, 2.75) is 18.9 Å². The Kier molecular flexibility index (Phi) is 3.57. The summed E-state index contributed by atoms with van der Waals surface area (Å²) in [6.45, 7) is 0. The summed E-state index contributed by atoms with van der Waals surface area (Å²) in [5.41, 5.74) is 3.09. The van der Waals surface area contributed by atoms with Crippen molar-refractivity contribution in [2.24, 2.45) is 0 Å². The van der Waals surface area contributed by atoms with Crippen LogP contribution in [-0.2, 0) is 11.2 Å². The number of anilines is 2. The van der Waals surface area contributed by atoms with E-state index in [0.29, 0.717) is 17.7 Å². The number of nitrogens with zero attached hydrogens (tertiary/aromatic N) is 1. The summed E-state index contributed by atoms with van der Waals surface area (Å²) < 4.78 is 0. The van der Waals surface area contributed by atoms with Gasteiger partial charge in [-0.25, -0.2) is 0 Å². The van der Waals surface area contributed by atoms with Gasteiger partial charge in [0.1, 0.15) is 12.1 Å². The van der Waals surface area contributed by atoms with Crippen molar-refractivity contribution in [3.05, 3.63) is 59.7 Å². The van der Waals surface area contributed by atoms with Gasteiger partial charge in [0.2, 0.25) is 5.91 Å². The largest absolute Gasteiger partial charge is 0.372 e. The van der Waals surface area contributed by atoms with Gasteiger partial charge in [-0.1, -0.05) is 36.4 Å². The molecular formula is C17H15N3O. The highest BCUT2D eigenvalue weighted by Gasteiger charge is 2.26. The molecule has 0 bridgehead atoms. The van der Waals surface area contributed by atoms with Gasteiger partial charge in [0.05, 0.1) is 16.9 Å². The molecule has 2 aromatic rings. The highest BCUT2D eigenvalue weighted by molar-refractivity contribution is 6.04. The van der Waals surface area contributed by atoms with E-state index in [4.69, 9.17) is 5.26 Å². The number of aryl methyl sites for hydroxylation is 1.